The molecule has 0 aliphatic carbocycles. The third-order valence-corrected chi connectivity index (χ3v) is 3.67. The number of pyridine rings is 1. The second-order valence-corrected chi connectivity index (χ2v) is 5.18. The molecule has 2 heterocycles. The molecule has 0 N–H and O–H groups in total. The Morgan fingerprint density at radius 1 is 1.14 bits per heavy atom. The van der Waals surface area contributed by atoms with E-state index in [1.54, 1.807) is 11.1 Å². The van der Waals surface area contributed by atoms with E-state index in [2.05, 4.69) is 11.1 Å². The highest BCUT2D eigenvalue weighted by Gasteiger charge is 2.19. The monoisotopic (exact) mass is 294 g/mol. The summed E-state index contributed by atoms with van der Waals surface area (Å²) < 4.78 is 5.35. The van der Waals surface area contributed by atoms with Gasteiger partial charge in [-0.25, -0.2) is 4.79 Å². The number of carbonyl (C=O) groups excluding carboxylic acids is 1. The van der Waals surface area contributed by atoms with E-state index in [4.69, 9.17) is 4.74 Å². The van der Waals surface area contributed by atoms with Crippen molar-refractivity contribution in [2.75, 3.05) is 13.1 Å². The lowest BCUT2D eigenvalue weighted by atomic mass is 10.0. The first kappa shape index (κ1) is 14.3. The second-order valence-electron chi connectivity index (χ2n) is 5.18. The molecule has 0 atom stereocenters. The summed E-state index contributed by atoms with van der Waals surface area (Å²) in [7, 11) is 0. The average Bonchev–Trinajstić information content (AvgIpc) is 2.61. The van der Waals surface area contributed by atoms with Gasteiger partial charge in [0.1, 0.15) is 6.61 Å². The van der Waals surface area contributed by atoms with Crippen LogP contribution in [-0.2, 0) is 11.3 Å². The molecule has 1 aliphatic rings. The SMILES string of the molecule is O=C(OCc1ccccc1)N1CC=C(c2ccccn2)CC1. The molecule has 4 heteroatoms. The van der Waals surface area contributed by atoms with Gasteiger partial charge < -0.3 is 9.64 Å². The number of hydrogen-bond donors (Lipinski definition) is 0. The van der Waals surface area contributed by atoms with Gasteiger partial charge >= 0.3 is 6.09 Å². The Labute approximate surface area is 130 Å². The van der Waals surface area contributed by atoms with Crippen LogP contribution in [0.25, 0.3) is 5.57 Å². The van der Waals surface area contributed by atoms with Gasteiger partial charge in [0, 0.05) is 19.3 Å². The molecule has 2 aromatic rings. The van der Waals surface area contributed by atoms with Crippen molar-refractivity contribution in [2.24, 2.45) is 0 Å². The summed E-state index contributed by atoms with van der Waals surface area (Å²) in [6, 6.07) is 15.6. The fourth-order valence-electron chi connectivity index (χ4n) is 2.43. The van der Waals surface area contributed by atoms with Gasteiger partial charge in [0.05, 0.1) is 5.69 Å². The van der Waals surface area contributed by atoms with Crippen molar-refractivity contribution < 1.29 is 9.53 Å². The molecule has 1 amide bonds. The predicted molar refractivity (Wildman–Crippen MR) is 85.0 cm³/mol. The third-order valence-electron chi connectivity index (χ3n) is 3.67. The smallest absolute Gasteiger partial charge is 0.410 e. The summed E-state index contributed by atoms with van der Waals surface area (Å²) in [4.78, 5) is 18.1. The molecule has 0 unspecified atom stereocenters. The van der Waals surface area contributed by atoms with E-state index in [0.29, 0.717) is 19.7 Å². The van der Waals surface area contributed by atoms with Crippen LogP contribution in [-0.4, -0.2) is 29.1 Å². The molecule has 22 heavy (non-hydrogen) atoms. The minimum Gasteiger partial charge on any atom is -0.445 e. The Hall–Kier alpha value is -2.62. The third kappa shape index (κ3) is 3.52. The minimum atomic E-state index is -0.264. The van der Waals surface area contributed by atoms with Gasteiger partial charge in [-0.05, 0) is 29.7 Å². The molecule has 0 saturated carbocycles. The lowest BCUT2D eigenvalue weighted by Gasteiger charge is -2.25. The van der Waals surface area contributed by atoms with Gasteiger partial charge in [-0.1, -0.05) is 42.5 Å². The Balaban J connectivity index is 1.54. The maximum atomic E-state index is 12.1. The van der Waals surface area contributed by atoms with Crippen LogP contribution < -0.4 is 0 Å². The van der Waals surface area contributed by atoms with Crippen LogP contribution in [0.4, 0.5) is 4.79 Å². The second kappa shape index (κ2) is 6.89. The van der Waals surface area contributed by atoms with Crippen molar-refractivity contribution in [1.29, 1.82) is 0 Å². The van der Waals surface area contributed by atoms with E-state index >= 15 is 0 Å². The van der Waals surface area contributed by atoms with E-state index in [1.807, 2.05) is 48.5 Å². The number of nitrogens with zero attached hydrogens (tertiary/aromatic N) is 2. The standard InChI is InChI=1S/C18H18N2O2/c21-18(22-14-15-6-2-1-3-7-15)20-12-9-16(10-13-20)17-8-4-5-11-19-17/h1-9,11H,10,12-14H2. The molecule has 0 radical (unpaired) electrons. The van der Waals surface area contributed by atoms with Crippen molar-refractivity contribution in [3.05, 3.63) is 72.1 Å². The first-order valence-corrected chi connectivity index (χ1v) is 7.39. The summed E-state index contributed by atoms with van der Waals surface area (Å²) in [6.07, 6.45) is 4.38. The molecule has 1 aromatic carbocycles. The van der Waals surface area contributed by atoms with Crippen LogP contribution in [0, 0.1) is 0 Å². The van der Waals surface area contributed by atoms with Crippen LogP contribution in [0.2, 0.25) is 0 Å². The zero-order valence-corrected chi connectivity index (χ0v) is 12.3. The van der Waals surface area contributed by atoms with E-state index in [-0.39, 0.29) is 6.09 Å². The highest BCUT2D eigenvalue weighted by atomic mass is 16.6. The molecule has 0 fully saturated rings. The van der Waals surface area contributed by atoms with Crippen molar-refractivity contribution in [3.63, 3.8) is 0 Å². The number of aromatic nitrogens is 1. The van der Waals surface area contributed by atoms with E-state index in [0.717, 1.165) is 17.7 Å². The average molecular weight is 294 g/mol. The molecular formula is C18H18N2O2. The van der Waals surface area contributed by atoms with Crippen molar-refractivity contribution >= 4 is 11.7 Å². The summed E-state index contributed by atoms with van der Waals surface area (Å²) in [5, 5.41) is 0. The summed E-state index contributed by atoms with van der Waals surface area (Å²) in [5.74, 6) is 0. The van der Waals surface area contributed by atoms with Gasteiger partial charge in [0.2, 0.25) is 0 Å². The number of amides is 1. The van der Waals surface area contributed by atoms with Crippen LogP contribution >= 0.6 is 0 Å². The number of hydrogen-bond acceptors (Lipinski definition) is 3. The number of carbonyl (C=O) groups is 1. The van der Waals surface area contributed by atoms with E-state index < -0.39 is 0 Å². The van der Waals surface area contributed by atoms with Gasteiger partial charge in [0.25, 0.3) is 0 Å². The van der Waals surface area contributed by atoms with Crippen LogP contribution in [0.15, 0.2) is 60.8 Å². The Morgan fingerprint density at radius 2 is 1.95 bits per heavy atom. The molecular weight excluding hydrogens is 276 g/mol. The topological polar surface area (TPSA) is 42.4 Å². The fraction of sp³-hybridized carbons (Fsp3) is 0.222. The normalized spacial score (nSPS) is 14.4. The number of benzene rings is 1. The maximum Gasteiger partial charge on any atom is 0.410 e. The number of rotatable bonds is 3. The zero-order chi connectivity index (χ0) is 15.2. The first-order valence-electron chi connectivity index (χ1n) is 7.39. The van der Waals surface area contributed by atoms with E-state index in [1.165, 1.54) is 5.57 Å². The molecule has 0 bridgehead atoms. The fourth-order valence-corrected chi connectivity index (χ4v) is 2.43. The highest BCUT2D eigenvalue weighted by Crippen LogP contribution is 2.20. The number of ether oxygens (including phenoxy) is 1. The lowest BCUT2D eigenvalue weighted by molar-refractivity contribution is 0.0998. The van der Waals surface area contributed by atoms with Gasteiger partial charge in [0.15, 0.2) is 0 Å². The highest BCUT2D eigenvalue weighted by molar-refractivity contribution is 5.71. The minimum absolute atomic E-state index is 0.264. The molecule has 1 aliphatic heterocycles. The molecule has 0 saturated heterocycles. The Bertz CT molecular complexity index is 653. The predicted octanol–water partition coefficient (Wildman–Crippen LogP) is 3.51. The molecule has 4 nitrogen and oxygen atoms in total. The van der Waals surface area contributed by atoms with Gasteiger partial charge in [-0.15, -0.1) is 0 Å². The van der Waals surface area contributed by atoms with Crippen LogP contribution in [0.3, 0.4) is 0 Å². The van der Waals surface area contributed by atoms with Crippen molar-refractivity contribution in [3.8, 4) is 0 Å². The van der Waals surface area contributed by atoms with Crippen LogP contribution in [0.1, 0.15) is 17.7 Å². The maximum absolute atomic E-state index is 12.1. The zero-order valence-electron chi connectivity index (χ0n) is 12.3. The molecule has 3 rings (SSSR count). The lowest BCUT2D eigenvalue weighted by Crippen LogP contribution is -2.35. The van der Waals surface area contributed by atoms with Gasteiger partial charge in [-0.3, -0.25) is 4.98 Å². The van der Waals surface area contributed by atoms with E-state index in [9.17, 15) is 4.79 Å². The quantitative estimate of drug-likeness (QED) is 0.870. The molecule has 112 valence electrons. The Morgan fingerprint density at radius 3 is 2.64 bits per heavy atom. The van der Waals surface area contributed by atoms with Crippen LogP contribution in [0.5, 0.6) is 0 Å². The van der Waals surface area contributed by atoms with Gasteiger partial charge in [-0.2, -0.15) is 0 Å². The summed E-state index contributed by atoms with van der Waals surface area (Å²) >= 11 is 0. The van der Waals surface area contributed by atoms with Crippen molar-refractivity contribution in [2.45, 2.75) is 13.0 Å². The Kier molecular flexibility index (Phi) is 4.49. The first-order chi connectivity index (χ1) is 10.8. The summed E-state index contributed by atoms with van der Waals surface area (Å²) in [6.45, 7) is 1.54. The summed E-state index contributed by atoms with van der Waals surface area (Å²) in [5.41, 5.74) is 3.17. The largest absolute Gasteiger partial charge is 0.445 e. The van der Waals surface area contributed by atoms with Crippen molar-refractivity contribution in [1.82, 2.24) is 9.88 Å². The molecule has 1 aromatic heterocycles. The molecule has 0 spiro atoms.